The van der Waals surface area contributed by atoms with Crippen molar-refractivity contribution in [2.75, 3.05) is 0 Å². The Hall–Kier alpha value is -1.87. The molecule has 0 amide bonds. The van der Waals surface area contributed by atoms with Gasteiger partial charge in [-0.1, -0.05) is 18.7 Å². The van der Waals surface area contributed by atoms with Crippen molar-refractivity contribution in [3.8, 4) is 0 Å². The zero-order valence-electron chi connectivity index (χ0n) is 9.47. The van der Waals surface area contributed by atoms with Crippen LogP contribution in [0.2, 0.25) is 5.28 Å². The molecule has 4 heteroatoms. The highest BCUT2D eigenvalue weighted by Crippen LogP contribution is 2.19. The van der Waals surface area contributed by atoms with Crippen LogP contribution in [0, 0.1) is 0 Å². The summed E-state index contributed by atoms with van der Waals surface area (Å²) in [4.78, 5) is 8.17. The fourth-order valence-corrected chi connectivity index (χ4v) is 1.68. The van der Waals surface area contributed by atoms with Crippen molar-refractivity contribution in [2.24, 2.45) is 0 Å². The van der Waals surface area contributed by atoms with Crippen molar-refractivity contribution in [3.63, 3.8) is 0 Å². The second-order valence-electron chi connectivity index (χ2n) is 3.43. The number of fused-ring (bicyclic) bond motifs is 1. The summed E-state index contributed by atoms with van der Waals surface area (Å²) >= 11 is 5.80. The van der Waals surface area contributed by atoms with E-state index in [1.54, 1.807) is 12.3 Å². The fraction of sp³-hybridized carbons (Fsp3) is 0.0769. The van der Waals surface area contributed by atoms with Crippen LogP contribution in [0.5, 0.6) is 0 Å². The molecule has 0 fully saturated rings. The SMILES string of the molecule is C=C/C(=C\C=C/C)n1ccc2cnc(Cl)nc21. The van der Waals surface area contributed by atoms with Gasteiger partial charge in [-0.3, -0.25) is 0 Å². The summed E-state index contributed by atoms with van der Waals surface area (Å²) in [6.07, 6.45) is 11.3. The minimum absolute atomic E-state index is 0.242. The van der Waals surface area contributed by atoms with Crippen molar-refractivity contribution in [3.05, 3.63) is 54.6 Å². The predicted octanol–water partition coefficient (Wildman–Crippen LogP) is 3.69. The van der Waals surface area contributed by atoms with Crippen LogP contribution in [0.1, 0.15) is 6.92 Å². The van der Waals surface area contributed by atoms with E-state index in [4.69, 9.17) is 11.6 Å². The summed E-state index contributed by atoms with van der Waals surface area (Å²) in [5.41, 5.74) is 1.72. The topological polar surface area (TPSA) is 30.7 Å². The van der Waals surface area contributed by atoms with Gasteiger partial charge in [0.2, 0.25) is 5.28 Å². The Morgan fingerprint density at radius 2 is 2.35 bits per heavy atom. The number of hydrogen-bond donors (Lipinski definition) is 0. The van der Waals surface area contributed by atoms with Crippen LogP contribution in [0.3, 0.4) is 0 Å². The van der Waals surface area contributed by atoms with E-state index in [2.05, 4.69) is 16.5 Å². The molecule has 17 heavy (non-hydrogen) atoms. The molecule has 0 aliphatic rings. The molecule has 0 spiro atoms. The van der Waals surface area contributed by atoms with Crippen molar-refractivity contribution in [1.29, 1.82) is 0 Å². The lowest BCUT2D eigenvalue weighted by Gasteiger charge is -2.04. The Kier molecular flexibility index (Phi) is 3.40. The maximum atomic E-state index is 5.80. The maximum absolute atomic E-state index is 5.80. The van der Waals surface area contributed by atoms with Crippen molar-refractivity contribution in [1.82, 2.24) is 14.5 Å². The Morgan fingerprint density at radius 3 is 3.06 bits per heavy atom. The van der Waals surface area contributed by atoms with Gasteiger partial charge in [0.05, 0.1) is 0 Å². The third kappa shape index (κ3) is 2.29. The lowest BCUT2D eigenvalue weighted by Crippen LogP contribution is -1.94. The third-order valence-electron chi connectivity index (χ3n) is 2.34. The van der Waals surface area contributed by atoms with E-state index in [9.17, 15) is 0 Å². The van der Waals surface area contributed by atoms with E-state index >= 15 is 0 Å². The second-order valence-corrected chi connectivity index (χ2v) is 3.76. The van der Waals surface area contributed by atoms with Gasteiger partial charge in [0.1, 0.15) is 5.65 Å². The first-order chi connectivity index (χ1) is 8.26. The molecule has 0 aromatic carbocycles. The predicted molar refractivity (Wildman–Crippen MR) is 71.8 cm³/mol. The van der Waals surface area contributed by atoms with Gasteiger partial charge in [-0.05, 0) is 36.7 Å². The lowest BCUT2D eigenvalue weighted by molar-refractivity contribution is 1.11. The molecule has 0 bridgehead atoms. The number of rotatable bonds is 3. The van der Waals surface area contributed by atoms with Gasteiger partial charge in [0.25, 0.3) is 0 Å². The minimum atomic E-state index is 0.242. The summed E-state index contributed by atoms with van der Waals surface area (Å²) in [5, 5.41) is 1.19. The van der Waals surface area contributed by atoms with E-state index in [0.29, 0.717) is 0 Å². The van der Waals surface area contributed by atoms with Crippen LogP contribution < -0.4 is 0 Å². The van der Waals surface area contributed by atoms with Crippen LogP contribution >= 0.6 is 11.6 Å². The average Bonchev–Trinajstić information content (AvgIpc) is 2.73. The largest absolute Gasteiger partial charge is 0.301 e. The molecule has 0 unspecified atom stereocenters. The smallest absolute Gasteiger partial charge is 0.224 e. The highest BCUT2D eigenvalue weighted by molar-refractivity contribution is 6.28. The van der Waals surface area contributed by atoms with Gasteiger partial charge < -0.3 is 4.57 Å². The van der Waals surface area contributed by atoms with Crippen LogP contribution in [0.25, 0.3) is 16.7 Å². The van der Waals surface area contributed by atoms with E-state index in [1.807, 2.05) is 42.0 Å². The normalized spacial score (nSPS) is 12.5. The van der Waals surface area contributed by atoms with Crippen molar-refractivity contribution >= 4 is 28.3 Å². The first-order valence-electron chi connectivity index (χ1n) is 5.21. The molecule has 0 saturated heterocycles. The molecule has 2 rings (SSSR count). The van der Waals surface area contributed by atoms with Gasteiger partial charge in [0, 0.05) is 23.5 Å². The molecule has 0 saturated carbocycles. The summed E-state index contributed by atoms with van der Waals surface area (Å²) in [6, 6.07) is 1.94. The van der Waals surface area contributed by atoms with Crippen LogP contribution in [0.4, 0.5) is 0 Å². The fourth-order valence-electron chi connectivity index (χ4n) is 1.55. The average molecular weight is 246 g/mol. The molecular weight excluding hydrogens is 234 g/mol. The lowest BCUT2D eigenvalue weighted by atomic mass is 10.3. The van der Waals surface area contributed by atoms with Crippen LogP contribution in [-0.2, 0) is 0 Å². The molecular formula is C13H12ClN3. The van der Waals surface area contributed by atoms with Gasteiger partial charge in [0.15, 0.2) is 0 Å². The van der Waals surface area contributed by atoms with E-state index in [1.165, 1.54) is 0 Å². The number of hydrogen-bond acceptors (Lipinski definition) is 2. The van der Waals surface area contributed by atoms with Gasteiger partial charge in [-0.15, -0.1) is 0 Å². The highest BCUT2D eigenvalue weighted by Gasteiger charge is 2.05. The second kappa shape index (κ2) is 4.97. The van der Waals surface area contributed by atoms with E-state index in [-0.39, 0.29) is 5.28 Å². The van der Waals surface area contributed by atoms with Crippen LogP contribution in [-0.4, -0.2) is 14.5 Å². The Labute approximate surface area is 105 Å². The van der Waals surface area contributed by atoms with Crippen LogP contribution in [0.15, 0.2) is 49.3 Å². The number of nitrogens with zero attached hydrogens (tertiary/aromatic N) is 3. The molecule has 0 aliphatic heterocycles. The molecule has 3 nitrogen and oxygen atoms in total. The minimum Gasteiger partial charge on any atom is -0.301 e. The summed E-state index contributed by atoms with van der Waals surface area (Å²) in [6.45, 7) is 5.76. The third-order valence-corrected chi connectivity index (χ3v) is 2.53. The monoisotopic (exact) mass is 245 g/mol. The van der Waals surface area contributed by atoms with Crippen molar-refractivity contribution < 1.29 is 0 Å². The molecule has 0 radical (unpaired) electrons. The first-order valence-corrected chi connectivity index (χ1v) is 5.59. The molecule has 0 aliphatic carbocycles. The molecule has 2 heterocycles. The Bertz CT molecular complexity index is 608. The zero-order valence-corrected chi connectivity index (χ0v) is 10.2. The Balaban J connectivity index is 2.61. The van der Waals surface area contributed by atoms with Gasteiger partial charge in [-0.25, -0.2) is 4.98 Å². The molecule has 2 aromatic heterocycles. The van der Waals surface area contributed by atoms with Gasteiger partial charge in [-0.2, -0.15) is 4.98 Å². The zero-order chi connectivity index (χ0) is 12.3. The van der Waals surface area contributed by atoms with Gasteiger partial charge >= 0.3 is 0 Å². The standard InChI is InChI=1S/C13H12ClN3/c1-3-5-6-11(4-2)17-8-7-10-9-15-13(14)16-12(10)17/h3-9H,2H2,1H3/b5-3-,11-6+. The first kappa shape index (κ1) is 11.6. The number of halogens is 1. The number of aromatic nitrogens is 3. The molecule has 0 atom stereocenters. The van der Waals surface area contributed by atoms with E-state index < -0.39 is 0 Å². The summed E-state index contributed by atoms with van der Waals surface area (Å²) in [7, 11) is 0. The maximum Gasteiger partial charge on any atom is 0.224 e. The molecule has 86 valence electrons. The summed E-state index contributed by atoms with van der Waals surface area (Å²) < 4.78 is 1.93. The highest BCUT2D eigenvalue weighted by atomic mass is 35.5. The van der Waals surface area contributed by atoms with E-state index in [0.717, 1.165) is 16.7 Å². The van der Waals surface area contributed by atoms with Crippen molar-refractivity contribution in [2.45, 2.75) is 6.92 Å². The molecule has 2 aromatic rings. The number of allylic oxidation sites excluding steroid dienone is 5. The summed E-state index contributed by atoms with van der Waals surface area (Å²) in [5.74, 6) is 0. The quantitative estimate of drug-likeness (QED) is 0.610. The Morgan fingerprint density at radius 1 is 1.53 bits per heavy atom. The molecule has 0 N–H and O–H groups in total.